The molecule has 0 radical (unpaired) electrons. The number of carbonyl (C=O) groups is 1. The largest absolute Gasteiger partial charge is 0.493 e. The molecule has 0 heterocycles. The number of ether oxygens (including phenoxy) is 1. The van der Waals surface area contributed by atoms with Crippen LogP contribution in [0.2, 0.25) is 5.02 Å². The molecule has 0 saturated carbocycles. The van der Waals surface area contributed by atoms with Gasteiger partial charge in [-0.05, 0) is 31.4 Å². The van der Waals surface area contributed by atoms with Crippen LogP contribution in [-0.2, 0) is 4.79 Å². The van der Waals surface area contributed by atoms with Crippen molar-refractivity contribution in [2.24, 2.45) is 5.84 Å². The van der Waals surface area contributed by atoms with Crippen LogP contribution in [-0.4, -0.2) is 12.5 Å². The molecule has 0 bridgehead atoms. The number of rotatable bonds is 7. The molecule has 0 saturated heterocycles. The molecule has 1 rings (SSSR count). The minimum Gasteiger partial charge on any atom is -0.493 e. The third-order valence-corrected chi connectivity index (χ3v) is 2.68. The van der Waals surface area contributed by atoms with Gasteiger partial charge in [-0.1, -0.05) is 11.6 Å². The van der Waals surface area contributed by atoms with Gasteiger partial charge in [0.2, 0.25) is 5.91 Å². The van der Waals surface area contributed by atoms with E-state index in [4.69, 9.17) is 22.2 Å². The van der Waals surface area contributed by atoms with Gasteiger partial charge in [0.25, 0.3) is 0 Å². The van der Waals surface area contributed by atoms with Crippen molar-refractivity contribution >= 4 is 17.5 Å². The first-order valence-corrected chi connectivity index (χ1v) is 6.08. The average molecular weight is 275 g/mol. The Balaban J connectivity index is 2.14. The zero-order chi connectivity index (χ0) is 13.4. The summed E-state index contributed by atoms with van der Waals surface area (Å²) in [5.41, 5.74) is 2.07. The van der Waals surface area contributed by atoms with Crippen LogP contribution in [0.1, 0.15) is 25.7 Å². The highest BCUT2D eigenvalue weighted by atomic mass is 35.5. The summed E-state index contributed by atoms with van der Waals surface area (Å²) < 4.78 is 18.4. The van der Waals surface area contributed by atoms with Crippen molar-refractivity contribution in [3.8, 4) is 5.75 Å². The Labute approximate surface area is 110 Å². The van der Waals surface area contributed by atoms with Gasteiger partial charge >= 0.3 is 0 Å². The maximum Gasteiger partial charge on any atom is 0.233 e. The number of halogens is 2. The Morgan fingerprint density at radius 3 is 2.83 bits per heavy atom. The van der Waals surface area contributed by atoms with E-state index in [1.54, 1.807) is 6.07 Å². The molecule has 100 valence electrons. The zero-order valence-electron chi connectivity index (χ0n) is 9.92. The van der Waals surface area contributed by atoms with Gasteiger partial charge in [-0.15, -0.1) is 0 Å². The standard InChI is InChI=1S/C12H16ClFN2O2/c13-10-6-5-9(8-11(10)14)18-7-3-1-2-4-12(17)16-15/h5-6,8H,1-4,7,15H2,(H,16,17). The molecule has 0 spiro atoms. The molecule has 0 unspecified atom stereocenters. The van der Waals surface area contributed by atoms with Gasteiger partial charge in [0, 0.05) is 12.5 Å². The summed E-state index contributed by atoms with van der Waals surface area (Å²) in [6.07, 6.45) is 2.80. The van der Waals surface area contributed by atoms with E-state index >= 15 is 0 Å². The van der Waals surface area contributed by atoms with E-state index in [0.29, 0.717) is 18.8 Å². The molecule has 18 heavy (non-hydrogen) atoms. The van der Waals surface area contributed by atoms with E-state index in [9.17, 15) is 9.18 Å². The highest BCUT2D eigenvalue weighted by Gasteiger charge is 2.02. The lowest BCUT2D eigenvalue weighted by atomic mass is 10.2. The van der Waals surface area contributed by atoms with Crippen molar-refractivity contribution in [1.29, 1.82) is 0 Å². The summed E-state index contributed by atoms with van der Waals surface area (Å²) in [7, 11) is 0. The fourth-order valence-corrected chi connectivity index (χ4v) is 1.51. The van der Waals surface area contributed by atoms with E-state index in [2.05, 4.69) is 5.43 Å². The molecule has 0 aromatic heterocycles. The molecule has 6 heteroatoms. The van der Waals surface area contributed by atoms with Gasteiger partial charge in [-0.25, -0.2) is 10.2 Å². The number of hydrazine groups is 1. The zero-order valence-corrected chi connectivity index (χ0v) is 10.7. The minimum atomic E-state index is -0.492. The van der Waals surface area contributed by atoms with Crippen LogP contribution >= 0.6 is 11.6 Å². The van der Waals surface area contributed by atoms with Gasteiger partial charge in [0.05, 0.1) is 11.6 Å². The van der Waals surface area contributed by atoms with Gasteiger partial charge in [-0.3, -0.25) is 10.2 Å². The van der Waals surface area contributed by atoms with Crippen molar-refractivity contribution in [3.05, 3.63) is 29.0 Å². The van der Waals surface area contributed by atoms with Gasteiger partial charge in [-0.2, -0.15) is 0 Å². The number of hydrogen-bond donors (Lipinski definition) is 2. The van der Waals surface area contributed by atoms with Crippen molar-refractivity contribution < 1.29 is 13.9 Å². The maximum absolute atomic E-state index is 13.1. The number of carbonyl (C=O) groups excluding carboxylic acids is 1. The Hall–Kier alpha value is -1.33. The van der Waals surface area contributed by atoms with Crippen LogP contribution in [0.3, 0.4) is 0 Å². The molecule has 0 aliphatic rings. The SMILES string of the molecule is NNC(=O)CCCCCOc1ccc(Cl)c(F)c1. The van der Waals surface area contributed by atoms with E-state index in [1.807, 2.05) is 0 Å². The summed E-state index contributed by atoms with van der Waals surface area (Å²) in [5, 5.41) is 0.0788. The molecule has 0 aliphatic heterocycles. The Morgan fingerprint density at radius 1 is 1.39 bits per heavy atom. The van der Waals surface area contributed by atoms with Crippen molar-refractivity contribution in [2.75, 3.05) is 6.61 Å². The molecule has 1 aromatic rings. The first kappa shape index (κ1) is 14.7. The van der Waals surface area contributed by atoms with Crippen LogP contribution < -0.4 is 16.0 Å². The molecule has 0 aliphatic carbocycles. The number of nitrogens with one attached hydrogen (secondary N) is 1. The summed E-state index contributed by atoms with van der Waals surface area (Å²) in [4.78, 5) is 10.8. The summed E-state index contributed by atoms with van der Waals surface area (Å²) in [6, 6.07) is 4.33. The lowest BCUT2D eigenvalue weighted by molar-refractivity contribution is -0.121. The van der Waals surface area contributed by atoms with Gasteiger partial charge < -0.3 is 4.74 Å². The van der Waals surface area contributed by atoms with Crippen LogP contribution in [0.4, 0.5) is 4.39 Å². The molecule has 3 N–H and O–H groups in total. The normalized spacial score (nSPS) is 10.2. The average Bonchev–Trinajstić information content (AvgIpc) is 2.37. The van der Waals surface area contributed by atoms with Crippen molar-refractivity contribution in [2.45, 2.75) is 25.7 Å². The topological polar surface area (TPSA) is 64.3 Å². The molecule has 0 atom stereocenters. The second kappa shape index (κ2) is 7.89. The van der Waals surface area contributed by atoms with Crippen LogP contribution in [0.5, 0.6) is 5.75 Å². The first-order chi connectivity index (χ1) is 8.63. The van der Waals surface area contributed by atoms with E-state index in [-0.39, 0.29) is 10.9 Å². The predicted octanol–water partition coefficient (Wildman–Crippen LogP) is 2.41. The second-order valence-electron chi connectivity index (χ2n) is 3.80. The Bertz CT molecular complexity index is 402. The summed E-state index contributed by atoms with van der Waals surface area (Å²) in [6.45, 7) is 0.477. The fourth-order valence-electron chi connectivity index (χ4n) is 1.39. The Kier molecular flexibility index (Phi) is 6.46. The molecule has 1 aromatic carbocycles. The number of unbranched alkanes of at least 4 members (excludes halogenated alkanes) is 2. The van der Waals surface area contributed by atoms with Crippen LogP contribution in [0.15, 0.2) is 18.2 Å². The smallest absolute Gasteiger partial charge is 0.233 e. The van der Waals surface area contributed by atoms with Gasteiger partial charge in [0.1, 0.15) is 11.6 Å². The lowest BCUT2D eigenvalue weighted by Crippen LogP contribution is -2.29. The van der Waals surface area contributed by atoms with E-state index in [0.717, 1.165) is 19.3 Å². The molecule has 1 amide bonds. The quantitative estimate of drug-likeness (QED) is 0.347. The number of amides is 1. The highest BCUT2D eigenvalue weighted by molar-refractivity contribution is 6.30. The Morgan fingerprint density at radius 2 is 2.17 bits per heavy atom. The summed E-state index contributed by atoms with van der Waals surface area (Å²) in [5.74, 6) is 4.74. The fraction of sp³-hybridized carbons (Fsp3) is 0.417. The molecule has 0 fully saturated rings. The second-order valence-corrected chi connectivity index (χ2v) is 4.21. The van der Waals surface area contributed by atoms with Crippen molar-refractivity contribution in [1.82, 2.24) is 5.43 Å². The highest BCUT2D eigenvalue weighted by Crippen LogP contribution is 2.20. The van der Waals surface area contributed by atoms with Crippen LogP contribution in [0.25, 0.3) is 0 Å². The molecular weight excluding hydrogens is 259 g/mol. The van der Waals surface area contributed by atoms with E-state index in [1.165, 1.54) is 12.1 Å². The monoisotopic (exact) mass is 274 g/mol. The van der Waals surface area contributed by atoms with E-state index < -0.39 is 5.82 Å². The minimum absolute atomic E-state index is 0.0788. The first-order valence-electron chi connectivity index (χ1n) is 5.71. The lowest BCUT2D eigenvalue weighted by Gasteiger charge is -2.06. The maximum atomic E-state index is 13.1. The van der Waals surface area contributed by atoms with Crippen molar-refractivity contribution in [3.63, 3.8) is 0 Å². The number of nitrogens with two attached hydrogens (primary N) is 1. The predicted molar refractivity (Wildman–Crippen MR) is 67.7 cm³/mol. The third-order valence-electron chi connectivity index (χ3n) is 2.37. The molecular formula is C12H16ClFN2O2. The summed E-state index contributed by atoms with van der Waals surface area (Å²) >= 11 is 5.55. The van der Waals surface area contributed by atoms with Crippen LogP contribution in [0, 0.1) is 5.82 Å². The third kappa shape index (κ3) is 5.33. The number of hydrogen-bond acceptors (Lipinski definition) is 3. The number of benzene rings is 1. The van der Waals surface area contributed by atoms with Gasteiger partial charge in [0.15, 0.2) is 0 Å². The molecule has 4 nitrogen and oxygen atoms in total.